The van der Waals surface area contributed by atoms with Crippen LogP contribution in [0.2, 0.25) is 0 Å². The normalized spacial score (nSPS) is 25.7. The van der Waals surface area contributed by atoms with Gasteiger partial charge in [0.2, 0.25) is 17.7 Å². The summed E-state index contributed by atoms with van der Waals surface area (Å²) in [6.07, 6.45) is 10.4. The van der Waals surface area contributed by atoms with Gasteiger partial charge in [0, 0.05) is 63.0 Å². The Morgan fingerprint density at radius 2 is 1.89 bits per heavy atom. The van der Waals surface area contributed by atoms with E-state index >= 15 is 0 Å². The number of aryl methyl sites for hydroxylation is 1. The molecule has 2 atom stereocenters. The van der Waals surface area contributed by atoms with Gasteiger partial charge in [-0.1, -0.05) is 0 Å². The molecule has 0 radical (unpaired) electrons. The van der Waals surface area contributed by atoms with Gasteiger partial charge in [0.15, 0.2) is 0 Å². The highest BCUT2D eigenvalue weighted by Gasteiger charge is 2.31. The third-order valence-electron chi connectivity index (χ3n) is 8.08. The Morgan fingerprint density at radius 3 is 2.65 bits per heavy atom. The lowest BCUT2D eigenvalue weighted by molar-refractivity contribution is -0.125. The van der Waals surface area contributed by atoms with E-state index < -0.39 is 0 Å². The van der Waals surface area contributed by atoms with Crippen LogP contribution in [0.4, 0.5) is 0 Å². The first-order valence-electron chi connectivity index (χ1n) is 13.3. The van der Waals surface area contributed by atoms with Gasteiger partial charge in [-0.15, -0.1) is 0 Å². The van der Waals surface area contributed by atoms with Crippen LogP contribution in [0, 0.1) is 5.92 Å². The minimum absolute atomic E-state index is 0.0663. The van der Waals surface area contributed by atoms with Crippen molar-refractivity contribution in [1.82, 2.24) is 40.1 Å². The Bertz CT molecular complexity index is 1310. The molecule has 196 valence electrons. The van der Waals surface area contributed by atoms with Crippen LogP contribution in [0.3, 0.4) is 0 Å². The molecule has 1 saturated carbocycles. The summed E-state index contributed by atoms with van der Waals surface area (Å²) in [5.74, 6) is 0.846. The molecule has 0 spiro atoms. The number of aromatic nitrogens is 5. The Kier molecular flexibility index (Phi) is 6.31. The van der Waals surface area contributed by atoms with Crippen LogP contribution in [0.1, 0.15) is 45.1 Å². The van der Waals surface area contributed by atoms with E-state index in [2.05, 4.69) is 31.5 Å². The maximum absolute atomic E-state index is 11.8. The van der Waals surface area contributed by atoms with Crippen LogP contribution in [-0.4, -0.2) is 79.6 Å². The maximum atomic E-state index is 11.8. The zero-order valence-corrected chi connectivity index (χ0v) is 21.4. The summed E-state index contributed by atoms with van der Waals surface area (Å²) >= 11 is 0. The number of hydrogen-bond acceptors (Lipinski definition) is 7. The average molecular weight is 507 g/mol. The molecular formula is C26H34N8O3. The molecule has 2 saturated heterocycles. The fourth-order valence-corrected chi connectivity index (χ4v) is 5.91. The third kappa shape index (κ3) is 4.92. The van der Waals surface area contributed by atoms with Crippen LogP contribution >= 0.6 is 0 Å². The lowest BCUT2D eigenvalue weighted by Gasteiger charge is -2.38. The Balaban J connectivity index is 1.18. The molecule has 2 N–H and O–H groups in total. The number of nitrogens with one attached hydrogen (secondary N) is 2. The van der Waals surface area contributed by atoms with Crippen molar-refractivity contribution >= 4 is 22.7 Å². The molecule has 6 rings (SSSR count). The number of amides is 2. The minimum atomic E-state index is -0.158. The van der Waals surface area contributed by atoms with Crippen molar-refractivity contribution in [2.45, 2.75) is 57.2 Å². The Labute approximate surface area is 215 Å². The molecule has 3 fully saturated rings. The van der Waals surface area contributed by atoms with Crippen LogP contribution in [0.15, 0.2) is 24.7 Å². The van der Waals surface area contributed by atoms with Gasteiger partial charge in [-0.05, 0) is 38.7 Å². The van der Waals surface area contributed by atoms with Crippen LogP contribution in [0.25, 0.3) is 22.2 Å². The van der Waals surface area contributed by atoms with Crippen molar-refractivity contribution in [3.8, 4) is 17.1 Å². The summed E-state index contributed by atoms with van der Waals surface area (Å²) in [5, 5.41) is 16.0. The number of piperazine rings is 1. The highest BCUT2D eigenvalue weighted by Crippen LogP contribution is 2.34. The lowest BCUT2D eigenvalue weighted by Crippen LogP contribution is -2.52. The number of nitrogens with zero attached hydrogens (tertiary/aromatic N) is 6. The predicted octanol–water partition coefficient (Wildman–Crippen LogP) is 1.65. The number of carbonyl (C=O) groups is 2. The molecule has 3 aliphatic rings. The first-order chi connectivity index (χ1) is 17.9. The zero-order valence-electron chi connectivity index (χ0n) is 21.4. The molecule has 11 nitrogen and oxygen atoms in total. The molecule has 37 heavy (non-hydrogen) atoms. The van der Waals surface area contributed by atoms with Gasteiger partial charge < -0.3 is 15.4 Å². The molecule has 3 aromatic rings. The SMILES string of the molecule is C[C@@H](Oc1nc(-c2cnn([C@H]3CC[C@H](N4CCNC(=O)C4)CC3)c2)cc2nn(C)cc12)[C@H]1CNC(=O)C1. The fraction of sp³-hybridized carbons (Fsp3) is 0.577. The third-order valence-corrected chi connectivity index (χ3v) is 8.08. The molecule has 2 amide bonds. The molecule has 5 heterocycles. The van der Waals surface area contributed by atoms with Gasteiger partial charge in [-0.3, -0.25) is 23.9 Å². The average Bonchev–Trinajstić information content (AvgIpc) is 3.63. The van der Waals surface area contributed by atoms with Gasteiger partial charge in [-0.2, -0.15) is 10.2 Å². The first-order valence-corrected chi connectivity index (χ1v) is 13.3. The summed E-state index contributed by atoms with van der Waals surface area (Å²) in [5.41, 5.74) is 2.51. The number of hydrogen-bond donors (Lipinski definition) is 2. The summed E-state index contributed by atoms with van der Waals surface area (Å²) in [6.45, 7) is 4.81. The Morgan fingerprint density at radius 1 is 1.08 bits per heavy atom. The first kappa shape index (κ1) is 23.9. The fourth-order valence-electron chi connectivity index (χ4n) is 5.91. The van der Waals surface area contributed by atoms with Crippen LogP contribution < -0.4 is 15.4 Å². The molecular weight excluding hydrogens is 472 g/mol. The molecule has 1 aliphatic carbocycles. The highest BCUT2D eigenvalue weighted by atomic mass is 16.5. The second-order valence-electron chi connectivity index (χ2n) is 10.6. The predicted molar refractivity (Wildman–Crippen MR) is 137 cm³/mol. The van der Waals surface area contributed by atoms with Crippen LogP contribution in [0.5, 0.6) is 5.88 Å². The lowest BCUT2D eigenvalue weighted by atomic mass is 9.90. The summed E-state index contributed by atoms with van der Waals surface area (Å²) in [7, 11) is 1.89. The number of ether oxygens (including phenoxy) is 1. The molecule has 0 aromatic carbocycles. The second-order valence-corrected chi connectivity index (χ2v) is 10.6. The van der Waals surface area contributed by atoms with E-state index in [9.17, 15) is 9.59 Å². The van der Waals surface area contributed by atoms with Gasteiger partial charge in [-0.25, -0.2) is 4.98 Å². The second kappa shape index (κ2) is 9.77. The van der Waals surface area contributed by atoms with Gasteiger partial charge in [0.25, 0.3) is 0 Å². The van der Waals surface area contributed by atoms with E-state index in [1.54, 1.807) is 4.68 Å². The molecule has 0 bridgehead atoms. The van der Waals surface area contributed by atoms with E-state index in [4.69, 9.17) is 14.8 Å². The molecule has 11 heteroatoms. The minimum Gasteiger partial charge on any atom is -0.474 e. The van der Waals surface area contributed by atoms with Gasteiger partial charge in [0.1, 0.15) is 6.10 Å². The quantitative estimate of drug-likeness (QED) is 0.522. The summed E-state index contributed by atoms with van der Waals surface area (Å²) in [6, 6.07) is 2.79. The standard InChI is InChI=1S/C26H34N8O3/c1-16(17-9-24(35)28-11-17)37-26-21-14-32(2)31-23(21)10-22(30-26)18-12-29-34(13-18)20-5-3-19(4-6-20)33-8-7-27-25(36)15-33/h10,12-14,16-17,19-20H,3-9,11,15H2,1-2H3,(H,27,36)(H,28,35)/t16-,17-,19-,20-/m1/s1. The number of fused-ring (bicyclic) bond motifs is 1. The van der Waals surface area contributed by atoms with E-state index in [-0.39, 0.29) is 23.8 Å². The monoisotopic (exact) mass is 506 g/mol. The van der Waals surface area contributed by atoms with Crippen LogP contribution in [-0.2, 0) is 16.6 Å². The highest BCUT2D eigenvalue weighted by molar-refractivity contribution is 5.86. The molecule has 0 unspecified atom stereocenters. The van der Waals surface area contributed by atoms with Crippen molar-refractivity contribution in [3.05, 3.63) is 24.7 Å². The number of carbonyl (C=O) groups excluding carboxylic acids is 2. The topological polar surface area (TPSA) is 119 Å². The summed E-state index contributed by atoms with van der Waals surface area (Å²) in [4.78, 5) is 30.7. The van der Waals surface area contributed by atoms with E-state index in [1.807, 2.05) is 32.4 Å². The van der Waals surface area contributed by atoms with Crippen molar-refractivity contribution in [2.24, 2.45) is 13.0 Å². The van der Waals surface area contributed by atoms with E-state index in [0.717, 1.165) is 60.9 Å². The summed E-state index contributed by atoms with van der Waals surface area (Å²) < 4.78 is 10.2. The molecule has 3 aromatic heterocycles. The number of pyridine rings is 1. The number of rotatable bonds is 6. The van der Waals surface area contributed by atoms with E-state index in [1.165, 1.54) is 0 Å². The maximum Gasteiger partial charge on any atom is 0.234 e. The Hall–Kier alpha value is -3.47. The van der Waals surface area contributed by atoms with E-state index in [0.29, 0.717) is 37.5 Å². The zero-order chi connectivity index (χ0) is 25.5. The van der Waals surface area contributed by atoms with Gasteiger partial charge >= 0.3 is 0 Å². The van der Waals surface area contributed by atoms with Crippen molar-refractivity contribution < 1.29 is 14.3 Å². The van der Waals surface area contributed by atoms with Gasteiger partial charge in [0.05, 0.1) is 35.4 Å². The van der Waals surface area contributed by atoms with Crippen molar-refractivity contribution in [1.29, 1.82) is 0 Å². The molecule has 2 aliphatic heterocycles. The van der Waals surface area contributed by atoms with Crippen molar-refractivity contribution in [3.63, 3.8) is 0 Å². The van der Waals surface area contributed by atoms with Crippen molar-refractivity contribution in [2.75, 3.05) is 26.2 Å². The largest absolute Gasteiger partial charge is 0.474 e. The smallest absolute Gasteiger partial charge is 0.234 e.